The maximum absolute atomic E-state index is 14.0. The summed E-state index contributed by atoms with van der Waals surface area (Å²) < 4.78 is 88.3. The number of carbonyl (C=O) groups is 2. The molecule has 44 heavy (non-hydrogen) atoms. The molecule has 0 saturated carbocycles. The third kappa shape index (κ3) is 10.5. The van der Waals surface area contributed by atoms with Crippen LogP contribution in [0.3, 0.4) is 0 Å². The lowest BCUT2D eigenvalue weighted by molar-refractivity contribution is -0.141. The molecule has 0 atom stereocenters. The van der Waals surface area contributed by atoms with Crippen molar-refractivity contribution in [2.75, 3.05) is 0 Å². The molecule has 14 heteroatoms. The minimum atomic E-state index is -4.77. The van der Waals surface area contributed by atoms with Crippen molar-refractivity contribution in [1.29, 1.82) is 0 Å². The highest BCUT2D eigenvalue weighted by Crippen LogP contribution is 2.30. The van der Waals surface area contributed by atoms with Gasteiger partial charge in [-0.05, 0) is 61.0 Å². The maximum atomic E-state index is 14.0. The smallest absolute Gasteiger partial charge is 0.300 e. The van der Waals surface area contributed by atoms with Crippen LogP contribution >= 0.6 is 31.9 Å². The zero-order valence-electron chi connectivity index (χ0n) is 23.2. The second kappa shape index (κ2) is 16.2. The molecule has 0 aromatic heterocycles. The van der Waals surface area contributed by atoms with Crippen LogP contribution in [0.25, 0.3) is 0 Å². The van der Waals surface area contributed by atoms with Gasteiger partial charge in [-0.15, -0.1) is 4.48 Å². The molecular formula is C30H26Br2F3NO6S2. The molecule has 0 fully saturated rings. The fourth-order valence-corrected chi connectivity index (χ4v) is 7.03. The minimum Gasteiger partial charge on any atom is -0.300 e. The first-order chi connectivity index (χ1) is 20.5. The molecule has 0 unspecified atom stereocenters. The van der Waals surface area contributed by atoms with Crippen LogP contribution in [-0.2, 0) is 42.0 Å². The van der Waals surface area contributed by atoms with Crippen LogP contribution in [0, 0.1) is 0 Å². The molecule has 0 aliphatic carbocycles. The second-order valence-electron chi connectivity index (χ2n) is 8.94. The monoisotopic (exact) mass is 775 g/mol. The fourth-order valence-electron chi connectivity index (χ4n) is 3.30. The Bertz CT molecular complexity index is 1720. The van der Waals surface area contributed by atoms with E-state index in [2.05, 4.69) is 31.9 Å². The van der Waals surface area contributed by atoms with E-state index in [1.807, 2.05) is 24.3 Å². The molecular weight excluding hydrogens is 751 g/mol. The van der Waals surface area contributed by atoms with E-state index >= 15 is 0 Å². The molecule has 0 heterocycles. The first-order valence-electron chi connectivity index (χ1n) is 12.4. The van der Waals surface area contributed by atoms with Crippen molar-refractivity contribution in [1.82, 2.24) is 3.93 Å². The SMILES string of the molecule is CC(=O)C(F)(F)c1cccc(Br)c1.CC(=O)Cc1cccc(Br)c1.O=S(=O)(c1ccccc1)N(F)S(=O)(=O)c1ccccc1. The van der Waals surface area contributed by atoms with Crippen LogP contribution in [0.15, 0.2) is 128 Å². The highest BCUT2D eigenvalue weighted by atomic mass is 79.9. The van der Waals surface area contributed by atoms with Gasteiger partial charge in [0.25, 0.3) is 20.0 Å². The third-order valence-electron chi connectivity index (χ3n) is 5.43. The van der Waals surface area contributed by atoms with E-state index in [-0.39, 0.29) is 11.3 Å². The lowest BCUT2D eigenvalue weighted by Crippen LogP contribution is -2.29. The van der Waals surface area contributed by atoms with Gasteiger partial charge in [-0.2, -0.15) is 8.78 Å². The maximum Gasteiger partial charge on any atom is 0.330 e. The van der Waals surface area contributed by atoms with E-state index in [4.69, 9.17) is 0 Å². The summed E-state index contributed by atoms with van der Waals surface area (Å²) in [6.45, 7) is 2.47. The van der Waals surface area contributed by atoms with Gasteiger partial charge in [0, 0.05) is 27.9 Å². The fraction of sp³-hybridized carbons (Fsp3) is 0.133. The van der Waals surface area contributed by atoms with Gasteiger partial charge in [0.05, 0.1) is 13.7 Å². The summed E-state index contributed by atoms with van der Waals surface area (Å²) in [6.07, 6.45) is 0.527. The van der Waals surface area contributed by atoms with Crippen molar-refractivity contribution in [2.45, 2.75) is 36.0 Å². The Morgan fingerprint density at radius 3 is 1.50 bits per heavy atom. The Morgan fingerprint density at radius 1 is 0.682 bits per heavy atom. The number of rotatable bonds is 8. The number of halogens is 5. The van der Waals surface area contributed by atoms with Gasteiger partial charge in [0.15, 0.2) is 0 Å². The van der Waals surface area contributed by atoms with Crippen molar-refractivity contribution >= 4 is 63.5 Å². The first kappa shape index (κ1) is 37.0. The number of benzene rings is 4. The second-order valence-corrected chi connectivity index (χ2v) is 14.5. The van der Waals surface area contributed by atoms with Crippen molar-refractivity contribution in [3.05, 3.63) is 129 Å². The number of alkyl halides is 2. The number of sulfonamides is 2. The quantitative estimate of drug-likeness (QED) is 0.170. The summed E-state index contributed by atoms with van der Waals surface area (Å²) >= 11 is 6.40. The van der Waals surface area contributed by atoms with E-state index in [1.165, 1.54) is 54.6 Å². The number of ketones is 2. The Hall–Kier alpha value is -3.17. The summed E-state index contributed by atoms with van der Waals surface area (Å²) in [6, 6.07) is 26.4. The van der Waals surface area contributed by atoms with Crippen molar-refractivity contribution < 1.29 is 39.7 Å². The molecule has 4 aromatic carbocycles. The standard InChI is InChI=1S/C12H10FNO4S2.C9H7BrF2O.C9H9BrO/c13-14(19(15,16)11-7-3-1-4-8-11)20(17,18)12-9-5-2-6-10-12;1-6(13)9(11,12)7-3-2-4-8(10)5-7;1-7(11)5-8-3-2-4-9(10)6-8/h1-10H;2-5H,1H3;2-4,6H,5H2,1H3. The normalized spacial score (nSPS) is 11.5. The molecule has 0 spiro atoms. The summed E-state index contributed by atoms with van der Waals surface area (Å²) in [5, 5.41) is 0. The Kier molecular flexibility index (Phi) is 13.7. The van der Waals surface area contributed by atoms with Crippen LogP contribution < -0.4 is 0 Å². The molecule has 0 aliphatic heterocycles. The molecule has 0 bridgehead atoms. The van der Waals surface area contributed by atoms with Crippen molar-refractivity contribution in [3.63, 3.8) is 0 Å². The first-order valence-corrected chi connectivity index (χ1v) is 16.9. The predicted molar refractivity (Wildman–Crippen MR) is 167 cm³/mol. The molecule has 0 saturated heterocycles. The molecule has 4 rings (SSSR count). The van der Waals surface area contributed by atoms with E-state index in [9.17, 15) is 39.7 Å². The number of Topliss-reactive ketones (excluding diaryl/α,β-unsaturated/α-hetero) is 2. The van der Waals surface area contributed by atoms with Crippen molar-refractivity contribution in [2.24, 2.45) is 0 Å². The van der Waals surface area contributed by atoms with E-state index in [0.717, 1.165) is 41.2 Å². The Balaban J connectivity index is 0.000000244. The summed E-state index contributed by atoms with van der Waals surface area (Å²) in [5.41, 5.74) is 0.779. The van der Waals surface area contributed by atoms with Gasteiger partial charge in [-0.25, -0.2) is 16.8 Å². The van der Waals surface area contributed by atoms with Crippen LogP contribution in [0.1, 0.15) is 25.0 Å². The van der Waals surface area contributed by atoms with E-state index in [0.29, 0.717) is 10.9 Å². The average Bonchev–Trinajstić information content (AvgIpc) is 2.98. The Morgan fingerprint density at radius 2 is 1.11 bits per heavy atom. The zero-order valence-corrected chi connectivity index (χ0v) is 28.0. The molecule has 0 radical (unpaired) electrons. The molecule has 7 nitrogen and oxygen atoms in total. The lowest BCUT2D eigenvalue weighted by Gasteiger charge is -2.12. The van der Waals surface area contributed by atoms with Crippen LogP contribution in [0.2, 0.25) is 0 Å². The summed E-state index contributed by atoms with van der Waals surface area (Å²) in [7, 11) is -9.53. The van der Waals surface area contributed by atoms with Crippen LogP contribution in [0.4, 0.5) is 13.3 Å². The number of carbonyl (C=O) groups excluding carboxylic acids is 2. The molecule has 234 valence electrons. The van der Waals surface area contributed by atoms with Crippen LogP contribution in [-0.4, -0.2) is 32.3 Å². The summed E-state index contributed by atoms with van der Waals surface area (Å²) in [5.74, 6) is -4.34. The van der Waals surface area contributed by atoms with E-state index in [1.54, 1.807) is 13.0 Å². The van der Waals surface area contributed by atoms with Gasteiger partial charge in [-0.3, -0.25) is 9.59 Å². The molecule has 4 aromatic rings. The average molecular weight is 777 g/mol. The van der Waals surface area contributed by atoms with Gasteiger partial charge in [0.1, 0.15) is 5.78 Å². The third-order valence-corrected chi connectivity index (χ3v) is 10.1. The van der Waals surface area contributed by atoms with Crippen LogP contribution in [0.5, 0.6) is 0 Å². The minimum absolute atomic E-state index is 0.197. The molecule has 0 aliphatic rings. The van der Waals surface area contributed by atoms with Crippen molar-refractivity contribution in [3.8, 4) is 0 Å². The topological polar surface area (TPSA) is 106 Å². The largest absolute Gasteiger partial charge is 0.330 e. The molecule has 0 amide bonds. The number of hydrogen-bond acceptors (Lipinski definition) is 6. The van der Waals surface area contributed by atoms with Gasteiger partial charge < -0.3 is 0 Å². The zero-order chi connectivity index (χ0) is 33.1. The lowest BCUT2D eigenvalue weighted by atomic mass is 10.1. The Labute approximate surface area is 271 Å². The van der Waals surface area contributed by atoms with Gasteiger partial charge in [0.2, 0.25) is 5.78 Å². The highest BCUT2D eigenvalue weighted by Gasteiger charge is 2.38. The van der Waals surface area contributed by atoms with Gasteiger partial charge >= 0.3 is 5.92 Å². The molecule has 0 N–H and O–H groups in total. The predicted octanol–water partition coefficient (Wildman–Crippen LogP) is 7.66. The number of nitrogens with zero attached hydrogens (tertiary/aromatic N) is 1. The number of hydrogen-bond donors (Lipinski definition) is 0. The van der Waals surface area contributed by atoms with E-state index < -0.39 is 45.5 Å². The summed E-state index contributed by atoms with van der Waals surface area (Å²) in [4.78, 5) is 20.4. The highest BCUT2D eigenvalue weighted by molar-refractivity contribution is 9.10. The van der Waals surface area contributed by atoms with Gasteiger partial charge in [-0.1, -0.05) is 92.5 Å².